The minimum absolute atomic E-state index is 0.217. The van der Waals surface area contributed by atoms with E-state index < -0.39 is 0 Å². The van der Waals surface area contributed by atoms with Crippen LogP contribution >= 0.6 is 11.9 Å². The standard InChI is InChI=1S/C22H25N7OS/c1-31-28-11-9-27(10-12-28)19-7-8-23-20(14-19)22(30)25-17-4-2-3-16(13-17)21-26-24-15-29(21)18-5-6-18/h2-4,7-8,13-15,18H,5-6,9-12H2,1H3,(H,25,30). The van der Waals surface area contributed by atoms with Crippen molar-refractivity contribution in [2.75, 3.05) is 42.7 Å². The molecule has 8 nitrogen and oxygen atoms in total. The van der Waals surface area contributed by atoms with Crippen LogP contribution in [0.3, 0.4) is 0 Å². The van der Waals surface area contributed by atoms with Crippen molar-refractivity contribution in [3.63, 3.8) is 0 Å². The van der Waals surface area contributed by atoms with Crippen LogP contribution in [0.5, 0.6) is 0 Å². The monoisotopic (exact) mass is 435 g/mol. The summed E-state index contributed by atoms with van der Waals surface area (Å²) in [5.41, 5.74) is 3.10. The molecule has 160 valence electrons. The molecule has 2 fully saturated rings. The first kappa shape index (κ1) is 20.0. The smallest absolute Gasteiger partial charge is 0.274 e. The van der Waals surface area contributed by atoms with Gasteiger partial charge in [0.05, 0.1) is 0 Å². The van der Waals surface area contributed by atoms with Crippen molar-refractivity contribution in [3.05, 3.63) is 54.6 Å². The van der Waals surface area contributed by atoms with Crippen molar-refractivity contribution in [3.8, 4) is 11.4 Å². The Balaban J connectivity index is 1.30. The molecule has 2 aliphatic rings. The van der Waals surface area contributed by atoms with E-state index in [-0.39, 0.29) is 5.91 Å². The summed E-state index contributed by atoms with van der Waals surface area (Å²) in [5, 5.41) is 11.3. The van der Waals surface area contributed by atoms with E-state index in [9.17, 15) is 4.79 Å². The number of piperazine rings is 1. The van der Waals surface area contributed by atoms with Gasteiger partial charge in [0.1, 0.15) is 12.0 Å². The van der Waals surface area contributed by atoms with Crippen LogP contribution < -0.4 is 10.2 Å². The van der Waals surface area contributed by atoms with Crippen LogP contribution in [0.15, 0.2) is 48.9 Å². The largest absolute Gasteiger partial charge is 0.369 e. The molecule has 3 heterocycles. The topological polar surface area (TPSA) is 79.2 Å². The summed E-state index contributed by atoms with van der Waals surface area (Å²) < 4.78 is 4.46. The molecule has 0 spiro atoms. The molecule has 1 aliphatic heterocycles. The van der Waals surface area contributed by atoms with Crippen LogP contribution in [0.25, 0.3) is 11.4 Å². The number of aromatic nitrogens is 4. The number of nitrogens with one attached hydrogen (secondary N) is 1. The van der Waals surface area contributed by atoms with Gasteiger partial charge in [-0.05, 0) is 43.4 Å². The van der Waals surface area contributed by atoms with Gasteiger partial charge in [0.15, 0.2) is 5.82 Å². The van der Waals surface area contributed by atoms with Crippen molar-refractivity contribution >= 4 is 29.2 Å². The van der Waals surface area contributed by atoms with Crippen LogP contribution in [0.4, 0.5) is 11.4 Å². The van der Waals surface area contributed by atoms with Gasteiger partial charge in [-0.1, -0.05) is 24.1 Å². The van der Waals surface area contributed by atoms with Crippen LogP contribution in [-0.2, 0) is 0 Å². The Hall–Kier alpha value is -2.91. The first-order valence-corrected chi connectivity index (χ1v) is 11.7. The van der Waals surface area contributed by atoms with Crippen molar-refractivity contribution in [1.82, 2.24) is 24.1 Å². The van der Waals surface area contributed by atoms with Crippen LogP contribution in [0.1, 0.15) is 29.4 Å². The first-order valence-electron chi connectivity index (χ1n) is 10.5. The zero-order chi connectivity index (χ0) is 21.2. The quantitative estimate of drug-likeness (QED) is 0.595. The molecule has 1 N–H and O–H groups in total. The number of nitrogens with zero attached hydrogens (tertiary/aromatic N) is 6. The first-order chi connectivity index (χ1) is 15.2. The fraction of sp³-hybridized carbons (Fsp3) is 0.364. The molecule has 2 aromatic heterocycles. The molecular weight excluding hydrogens is 410 g/mol. The number of carbonyl (C=O) groups is 1. The molecule has 0 bridgehead atoms. The number of rotatable bonds is 6. The van der Waals surface area contributed by atoms with Gasteiger partial charge >= 0.3 is 0 Å². The SMILES string of the molecule is CSN1CCN(c2ccnc(C(=O)Nc3cccc(-c4nncn4C4CC4)c3)c2)CC1. The van der Waals surface area contributed by atoms with Crippen molar-refractivity contribution < 1.29 is 4.79 Å². The van der Waals surface area contributed by atoms with E-state index in [2.05, 4.69) is 40.5 Å². The van der Waals surface area contributed by atoms with Crippen LogP contribution in [-0.4, -0.2) is 62.4 Å². The van der Waals surface area contributed by atoms with Crippen LogP contribution in [0.2, 0.25) is 0 Å². The lowest BCUT2D eigenvalue weighted by Gasteiger charge is -2.34. The lowest BCUT2D eigenvalue weighted by Crippen LogP contribution is -2.43. The predicted molar refractivity (Wildman–Crippen MR) is 123 cm³/mol. The third-order valence-corrected chi connectivity index (χ3v) is 6.61. The molecule has 0 radical (unpaired) electrons. The highest BCUT2D eigenvalue weighted by molar-refractivity contribution is 7.96. The molecular formula is C22H25N7OS. The molecule has 1 saturated heterocycles. The second kappa shape index (κ2) is 8.68. The highest BCUT2D eigenvalue weighted by Gasteiger charge is 2.26. The van der Waals surface area contributed by atoms with Gasteiger partial charge < -0.3 is 14.8 Å². The Morgan fingerprint density at radius 2 is 1.97 bits per heavy atom. The number of carbonyl (C=O) groups excluding carboxylic acids is 1. The lowest BCUT2D eigenvalue weighted by atomic mass is 10.1. The molecule has 31 heavy (non-hydrogen) atoms. The van der Waals surface area contributed by atoms with Gasteiger partial charge in [0, 0.05) is 55.4 Å². The van der Waals surface area contributed by atoms with Gasteiger partial charge in [0.25, 0.3) is 5.91 Å². The van der Waals surface area contributed by atoms with E-state index in [0.717, 1.165) is 56.1 Å². The van der Waals surface area contributed by atoms with E-state index in [0.29, 0.717) is 17.4 Å². The van der Waals surface area contributed by atoms with Gasteiger partial charge in [-0.2, -0.15) is 0 Å². The number of amides is 1. The fourth-order valence-electron chi connectivity index (χ4n) is 3.87. The van der Waals surface area contributed by atoms with E-state index in [4.69, 9.17) is 0 Å². The van der Waals surface area contributed by atoms with Crippen molar-refractivity contribution in [2.24, 2.45) is 0 Å². The molecule has 1 aromatic carbocycles. The summed E-state index contributed by atoms with van der Waals surface area (Å²) in [6.07, 6.45) is 7.92. The Morgan fingerprint density at radius 3 is 2.74 bits per heavy atom. The van der Waals surface area contributed by atoms with Crippen molar-refractivity contribution in [2.45, 2.75) is 18.9 Å². The lowest BCUT2D eigenvalue weighted by molar-refractivity contribution is 0.102. The number of pyridine rings is 1. The molecule has 1 aliphatic carbocycles. The minimum atomic E-state index is -0.217. The average Bonchev–Trinajstić information content (AvgIpc) is 3.55. The second-order valence-electron chi connectivity index (χ2n) is 7.83. The van der Waals surface area contributed by atoms with E-state index in [1.807, 2.05) is 36.4 Å². The molecule has 3 aromatic rings. The number of hydrogen-bond donors (Lipinski definition) is 1. The summed E-state index contributed by atoms with van der Waals surface area (Å²) >= 11 is 1.78. The number of benzene rings is 1. The van der Waals surface area contributed by atoms with Gasteiger partial charge in [-0.3, -0.25) is 9.78 Å². The van der Waals surface area contributed by atoms with E-state index >= 15 is 0 Å². The fourth-order valence-corrected chi connectivity index (χ4v) is 4.40. The Morgan fingerprint density at radius 1 is 1.13 bits per heavy atom. The summed E-state index contributed by atoms with van der Waals surface area (Å²) in [4.78, 5) is 19.5. The Labute approximate surface area is 185 Å². The normalized spacial score (nSPS) is 17.0. The average molecular weight is 436 g/mol. The maximum absolute atomic E-state index is 12.9. The maximum Gasteiger partial charge on any atom is 0.274 e. The Bertz CT molecular complexity index is 1070. The molecule has 1 amide bonds. The van der Waals surface area contributed by atoms with Gasteiger partial charge in [-0.15, -0.1) is 10.2 Å². The summed E-state index contributed by atoms with van der Waals surface area (Å²) in [5.74, 6) is 0.619. The zero-order valence-corrected chi connectivity index (χ0v) is 18.3. The highest BCUT2D eigenvalue weighted by Crippen LogP contribution is 2.37. The van der Waals surface area contributed by atoms with Crippen molar-refractivity contribution in [1.29, 1.82) is 0 Å². The molecule has 1 saturated carbocycles. The molecule has 5 rings (SSSR count). The van der Waals surface area contributed by atoms with E-state index in [1.54, 1.807) is 24.5 Å². The molecule has 0 unspecified atom stereocenters. The third-order valence-electron chi connectivity index (χ3n) is 5.73. The van der Waals surface area contributed by atoms with Gasteiger partial charge in [-0.25, -0.2) is 4.31 Å². The molecule has 9 heteroatoms. The summed E-state index contributed by atoms with van der Waals surface area (Å²) in [6, 6.07) is 12.1. The van der Waals surface area contributed by atoms with Crippen LogP contribution in [0, 0.1) is 0 Å². The predicted octanol–water partition coefficient (Wildman–Crippen LogP) is 3.33. The van der Waals surface area contributed by atoms with Gasteiger partial charge in [0.2, 0.25) is 0 Å². The third kappa shape index (κ3) is 4.42. The summed E-state index contributed by atoms with van der Waals surface area (Å²) in [6.45, 7) is 3.89. The maximum atomic E-state index is 12.9. The number of hydrogen-bond acceptors (Lipinski definition) is 7. The Kier molecular flexibility index (Phi) is 5.61. The number of anilines is 2. The second-order valence-corrected chi connectivity index (χ2v) is 8.71. The summed E-state index contributed by atoms with van der Waals surface area (Å²) in [7, 11) is 0. The zero-order valence-electron chi connectivity index (χ0n) is 17.4. The highest BCUT2D eigenvalue weighted by atomic mass is 32.2. The minimum Gasteiger partial charge on any atom is -0.369 e. The van der Waals surface area contributed by atoms with E-state index in [1.165, 1.54) is 0 Å². The molecule has 0 atom stereocenters.